The van der Waals surface area contributed by atoms with Gasteiger partial charge in [-0.2, -0.15) is 4.98 Å². The number of Topliss-reactive ketones (excluding diaryl/α,β-unsaturated/α-hetero) is 1. The predicted molar refractivity (Wildman–Crippen MR) is 143 cm³/mol. The first-order chi connectivity index (χ1) is 17.2. The van der Waals surface area contributed by atoms with Crippen LogP contribution >= 0.6 is 0 Å². The summed E-state index contributed by atoms with van der Waals surface area (Å²) in [7, 11) is 3.27. The molecule has 0 unspecified atom stereocenters. The normalized spacial score (nSPS) is 11.1. The van der Waals surface area contributed by atoms with E-state index in [1.165, 1.54) is 7.11 Å². The van der Waals surface area contributed by atoms with Crippen LogP contribution in [-0.2, 0) is 10.2 Å². The van der Waals surface area contributed by atoms with Gasteiger partial charge in [-0.3, -0.25) is 9.59 Å². The Hall–Kier alpha value is -4.46. The van der Waals surface area contributed by atoms with Gasteiger partial charge >= 0.3 is 0 Å². The minimum Gasteiger partial charge on any atom is -0.495 e. The van der Waals surface area contributed by atoms with Crippen molar-refractivity contribution < 1.29 is 14.3 Å². The fourth-order valence-electron chi connectivity index (χ4n) is 3.87. The van der Waals surface area contributed by atoms with Gasteiger partial charge in [0.25, 0.3) is 11.7 Å². The number of hydrogen-bond acceptors (Lipinski definition) is 7. The quantitative estimate of drug-likeness (QED) is 0.234. The molecule has 8 nitrogen and oxygen atoms in total. The standard InChI is InChI=1S/C28H29N5O3/c1-28(2,3)17-10-13-23(36-5)22(16-17)32-26(35)25(34)20-11-12-21(19-9-7-6-8-18(19)20)31-24-14-15-30-27(29-4)33-24/h6-16H,1-5H3,(H,32,35)(H2,29,30,31,33). The molecule has 1 aromatic heterocycles. The molecular formula is C28H29N5O3. The first-order valence-electron chi connectivity index (χ1n) is 11.5. The summed E-state index contributed by atoms with van der Waals surface area (Å²) in [5.74, 6) is 0.195. The minimum absolute atomic E-state index is 0.133. The molecule has 0 aliphatic carbocycles. The zero-order chi connectivity index (χ0) is 25.9. The lowest BCUT2D eigenvalue weighted by Crippen LogP contribution is -2.24. The second-order valence-corrected chi connectivity index (χ2v) is 9.30. The summed E-state index contributed by atoms with van der Waals surface area (Å²) in [6.07, 6.45) is 1.65. The Bertz CT molecular complexity index is 1440. The second kappa shape index (κ2) is 10.0. The maximum atomic E-state index is 13.3. The van der Waals surface area contributed by atoms with Gasteiger partial charge in [-0.1, -0.05) is 51.1 Å². The van der Waals surface area contributed by atoms with Crippen molar-refractivity contribution in [2.24, 2.45) is 0 Å². The third-order valence-electron chi connectivity index (χ3n) is 5.83. The van der Waals surface area contributed by atoms with Crippen molar-refractivity contribution in [1.29, 1.82) is 0 Å². The lowest BCUT2D eigenvalue weighted by Gasteiger charge is -2.21. The summed E-state index contributed by atoms with van der Waals surface area (Å²) >= 11 is 0. The summed E-state index contributed by atoms with van der Waals surface area (Å²) in [4.78, 5) is 34.9. The highest BCUT2D eigenvalue weighted by Gasteiger charge is 2.23. The molecular weight excluding hydrogens is 454 g/mol. The molecule has 4 aromatic rings. The number of rotatable bonds is 7. The van der Waals surface area contributed by atoms with Gasteiger partial charge in [0.2, 0.25) is 5.95 Å². The van der Waals surface area contributed by atoms with Crippen LogP contribution in [0.4, 0.5) is 23.1 Å². The van der Waals surface area contributed by atoms with Crippen LogP contribution in [0.1, 0.15) is 36.7 Å². The number of hydrogen-bond donors (Lipinski definition) is 3. The molecule has 184 valence electrons. The van der Waals surface area contributed by atoms with Gasteiger partial charge in [-0.25, -0.2) is 4.98 Å². The number of aromatic nitrogens is 2. The van der Waals surface area contributed by atoms with Crippen LogP contribution in [0.15, 0.2) is 66.9 Å². The van der Waals surface area contributed by atoms with Gasteiger partial charge in [0, 0.05) is 29.9 Å². The van der Waals surface area contributed by atoms with E-state index in [1.54, 1.807) is 37.5 Å². The number of carbonyl (C=O) groups excluding carboxylic acids is 2. The Morgan fingerprint density at radius 2 is 1.67 bits per heavy atom. The molecule has 0 fully saturated rings. The Morgan fingerprint density at radius 3 is 2.36 bits per heavy atom. The summed E-state index contributed by atoms with van der Waals surface area (Å²) in [6.45, 7) is 6.23. The number of carbonyl (C=O) groups is 2. The average molecular weight is 484 g/mol. The maximum absolute atomic E-state index is 13.3. The third-order valence-corrected chi connectivity index (χ3v) is 5.83. The summed E-state index contributed by atoms with van der Waals surface area (Å²) in [5.41, 5.74) is 2.39. The number of methoxy groups -OCH3 is 1. The molecule has 3 N–H and O–H groups in total. The lowest BCUT2D eigenvalue weighted by molar-refractivity contribution is -0.112. The van der Waals surface area contributed by atoms with Crippen molar-refractivity contribution in [3.63, 3.8) is 0 Å². The van der Waals surface area contributed by atoms with Crippen molar-refractivity contribution >= 4 is 45.6 Å². The summed E-state index contributed by atoms with van der Waals surface area (Å²) < 4.78 is 5.41. The first-order valence-corrected chi connectivity index (χ1v) is 11.5. The van der Waals surface area contributed by atoms with Gasteiger partial charge in [0.15, 0.2) is 0 Å². The highest BCUT2D eigenvalue weighted by molar-refractivity contribution is 6.48. The van der Waals surface area contributed by atoms with Crippen LogP contribution < -0.4 is 20.7 Å². The number of anilines is 4. The molecule has 3 aromatic carbocycles. The molecule has 1 amide bonds. The van der Waals surface area contributed by atoms with E-state index < -0.39 is 11.7 Å². The van der Waals surface area contributed by atoms with E-state index in [0.29, 0.717) is 34.2 Å². The molecule has 36 heavy (non-hydrogen) atoms. The average Bonchev–Trinajstić information content (AvgIpc) is 2.88. The molecule has 0 saturated carbocycles. The first kappa shape index (κ1) is 24.7. The number of fused-ring (bicyclic) bond motifs is 1. The van der Waals surface area contributed by atoms with Crippen LogP contribution in [0, 0.1) is 0 Å². The number of nitrogens with one attached hydrogen (secondary N) is 3. The monoisotopic (exact) mass is 483 g/mol. The molecule has 0 saturated heterocycles. The van der Waals surface area contributed by atoms with Gasteiger partial charge < -0.3 is 20.7 Å². The largest absolute Gasteiger partial charge is 0.495 e. The number of ether oxygens (including phenoxy) is 1. The smallest absolute Gasteiger partial charge is 0.296 e. The topological polar surface area (TPSA) is 105 Å². The van der Waals surface area contributed by atoms with E-state index in [4.69, 9.17) is 4.74 Å². The van der Waals surface area contributed by atoms with Crippen molar-refractivity contribution in [1.82, 2.24) is 9.97 Å². The molecule has 0 bridgehead atoms. The number of ketones is 1. The SMILES string of the molecule is CNc1nccc(Nc2ccc(C(=O)C(=O)Nc3cc(C(C)(C)C)ccc3OC)c3ccccc23)n1. The fourth-order valence-corrected chi connectivity index (χ4v) is 3.87. The van der Waals surface area contributed by atoms with E-state index in [1.807, 2.05) is 36.4 Å². The van der Waals surface area contributed by atoms with Crippen molar-refractivity contribution in [3.8, 4) is 5.75 Å². The van der Waals surface area contributed by atoms with Crippen molar-refractivity contribution in [2.75, 3.05) is 30.1 Å². The van der Waals surface area contributed by atoms with Gasteiger partial charge in [-0.15, -0.1) is 0 Å². The van der Waals surface area contributed by atoms with E-state index in [-0.39, 0.29) is 5.41 Å². The third kappa shape index (κ3) is 5.12. The summed E-state index contributed by atoms with van der Waals surface area (Å²) in [6, 6.07) is 18.2. The van der Waals surface area contributed by atoms with Crippen molar-refractivity contribution in [2.45, 2.75) is 26.2 Å². The number of amides is 1. The van der Waals surface area contributed by atoms with E-state index in [2.05, 4.69) is 46.7 Å². The van der Waals surface area contributed by atoms with Gasteiger partial charge in [-0.05, 0) is 46.7 Å². The van der Waals surface area contributed by atoms with Crippen LogP contribution in [0.5, 0.6) is 5.75 Å². The van der Waals surface area contributed by atoms with Gasteiger partial charge in [0.05, 0.1) is 12.8 Å². The molecule has 0 aliphatic heterocycles. The highest BCUT2D eigenvalue weighted by Crippen LogP contribution is 2.32. The van der Waals surface area contributed by atoms with Crippen molar-refractivity contribution in [3.05, 3.63) is 78.0 Å². The Balaban J connectivity index is 1.66. The van der Waals surface area contributed by atoms with E-state index in [9.17, 15) is 9.59 Å². The second-order valence-electron chi connectivity index (χ2n) is 9.30. The lowest BCUT2D eigenvalue weighted by atomic mass is 9.87. The van der Waals surface area contributed by atoms with Crippen LogP contribution in [0.25, 0.3) is 10.8 Å². The predicted octanol–water partition coefficient (Wildman–Crippen LogP) is 5.54. The Morgan fingerprint density at radius 1 is 0.917 bits per heavy atom. The highest BCUT2D eigenvalue weighted by atomic mass is 16.5. The summed E-state index contributed by atoms with van der Waals surface area (Å²) in [5, 5.41) is 10.4. The van der Waals surface area contributed by atoms with Crippen LogP contribution in [0.3, 0.4) is 0 Å². The Labute approximate surface area is 210 Å². The maximum Gasteiger partial charge on any atom is 0.296 e. The number of benzene rings is 3. The molecule has 1 heterocycles. The van der Waals surface area contributed by atoms with Gasteiger partial charge in [0.1, 0.15) is 11.6 Å². The molecule has 0 atom stereocenters. The molecule has 0 aliphatic rings. The van der Waals surface area contributed by atoms with Crippen LogP contribution in [-0.4, -0.2) is 35.8 Å². The molecule has 4 rings (SSSR count). The molecule has 0 spiro atoms. The Kier molecular flexibility index (Phi) is 6.87. The molecule has 0 radical (unpaired) electrons. The molecule has 8 heteroatoms. The fraction of sp³-hybridized carbons (Fsp3) is 0.214. The zero-order valence-electron chi connectivity index (χ0n) is 21.0. The van der Waals surface area contributed by atoms with E-state index in [0.717, 1.165) is 16.6 Å². The number of nitrogens with zero attached hydrogens (tertiary/aromatic N) is 2. The van der Waals surface area contributed by atoms with E-state index >= 15 is 0 Å². The minimum atomic E-state index is -0.736. The van der Waals surface area contributed by atoms with Crippen LogP contribution in [0.2, 0.25) is 0 Å². The zero-order valence-corrected chi connectivity index (χ0v) is 21.0.